The molecule has 1 aliphatic heterocycles. The van der Waals surface area contributed by atoms with Crippen molar-refractivity contribution < 1.29 is 34.7 Å². The average Bonchev–Trinajstić information content (AvgIpc) is 2.48. The molecular weight excluding hydrogens is 280 g/mol. The molecule has 0 amide bonds. The van der Waals surface area contributed by atoms with E-state index in [2.05, 4.69) is 0 Å². The predicted molar refractivity (Wildman–Crippen MR) is 70.8 cm³/mol. The number of rotatable bonds is 4. The molecule has 0 aromatic heterocycles. The van der Waals surface area contributed by atoms with Gasteiger partial charge in [0.2, 0.25) is 6.29 Å². The van der Waals surface area contributed by atoms with Crippen LogP contribution in [0.25, 0.3) is 0 Å². The van der Waals surface area contributed by atoms with Gasteiger partial charge in [-0.15, -0.1) is 0 Å². The number of hydrogen-bond donors (Lipinski definition) is 4. The molecule has 5 atom stereocenters. The molecule has 1 aromatic carbocycles. The van der Waals surface area contributed by atoms with E-state index in [4.69, 9.17) is 14.6 Å². The third-order valence-electron chi connectivity index (χ3n) is 3.36. The number of ether oxygens (including phenoxy) is 2. The van der Waals surface area contributed by atoms with Gasteiger partial charge in [0.25, 0.3) is 0 Å². The lowest BCUT2D eigenvalue weighted by atomic mass is 9.99. The zero-order valence-corrected chi connectivity index (χ0v) is 11.4. The van der Waals surface area contributed by atoms with Gasteiger partial charge in [-0.2, -0.15) is 0 Å². The molecule has 1 aromatic rings. The van der Waals surface area contributed by atoms with Crippen molar-refractivity contribution in [2.75, 3.05) is 6.61 Å². The van der Waals surface area contributed by atoms with Crippen LogP contribution in [-0.2, 0) is 4.74 Å². The lowest BCUT2D eigenvalue weighted by molar-refractivity contribution is -0.277. The van der Waals surface area contributed by atoms with E-state index in [1.165, 1.54) is 19.1 Å². The minimum Gasteiger partial charge on any atom is -0.462 e. The first-order valence-electron chi connectivity index (χ1n) is 6.52. The fraction of sp³-hybridized carbons (Fsp3) is 0.500. The molecule has 0 spiro atoms. The zero-order valence-electron chi connectivity index (χ0n) is 11.4. The van der Waals surface area contributed by atoms with E-state index in [-0.39, 0.29) is 5.78 Å². The fourth-order valence-electron chi connectivity index (χ4n) is 2.07. The van der Waals surface area contributed by atoms with Gasteiger partial charge in [0.05, 0.1) is 6.61 Å². The topological polar surface area (TPSA) is 116 Å². The molecule has 21 heavy (non-hydrogen) atoms. The number of ketones is 1. The molecule has 1 fully saturated rings. The molecule has 7 heteroatoms. The summed E-state index contributed by atoms with van der Waals surface area (Å²) in [5.41, 5.74) is 0.510. The van der Waals surface area contributed by atoms with Gasteiger partial charge >= 0.3 is 0 Å². The SMILES string of the molecule is CC(=O)c1ccc(OC2O[C@H](CO)[C@@H](O)[C@H](O)[C@H]2O)cc1. The lowest BCUT2D eigenvalue weighted by Crippen LogP contribution is -2.60. The standard InChI is InChI=1S/C14H18O7/c1-7(16)8-2-4-9(5-3-8)20-14-13(19)12(18)11(17)10(6-15)21-14/h2-5,10-15,17-19H,6H2,1H3/t10-,11-,12+,13-,14?/m1/s1. The first kappa shape index (κ1) is 15.9. The summed E-state index contributed by atoms with van der Waals surface area (Å²) >= 11 is 0. The van der Waals surface area contributed by atoms with Crippen molar-refractivity contribution >= 4 is 5.78 Å². The second kappa shape index (κ2) is 6.50. The van der Waals surface area contributed by atoms with Crippen LogP contribution in [0.3, 0.4) is 0 Å². The van der Waals surface area contributed by atoms with Crippen LogP contribution in [-0.4, -0.2) is 63.5 Å². The summed E-state index contributed by atoms with van der Waals surface area (Å²) in [4.78, 5) is 11.2. The van der Waals surface area contributed by atoms with E-state index < -0.39 is 37.3 Å². The number of carbonyl (C=O) groups is 1. The van der Waals surface area contributed by atoms with Crippen LogP contribution >= 0.6 is 0 Å². The average molecular weight is 298 g/mol. The van der Waals surface area contributed by atoms with Gasteiger partial charge in [0, 0.05) is 5.56 Å². The Hall–Kier alpha value is -1.51. The Labute approximate surface area is 121 Å². The molecular formula is C14H18O7. The second-order valence-electron chi connectivity index (χ2n) is 4.90. The Morgan fingerprint density at radius 3 is 2.29 bits per heavy atom. The van der Waals surface area contributed by atoms with Gasteiger partial charge in [0.15, 0.2) is 5.78 Å². The Morgan fingerprint density at radius 2 is 1.76 bits per heavy atom. The molecule has 0 saturated carbocycles. The van der Waals surface area contributed by atoms with Crippen molar-refractivity contribution in [3.8, 4) is 5.75 Å². The summed E-state index contributed by atoms with van der Waals surface area (Å²) in [5, 5.41) is 38.2. The number of hydrogen-bond acceptors (Lipinski definition) is 7. The number of benzene rings is 1. The number of aliphatic hydroxyl groups is 4. The van der Waals surface area contributed by atoms with Crippen LogP contribution in [0.1, 0.15) is 17.3 Å². The number of aliphatic hydroxyl groups excluding tert-OH is 4. The third-order valence-corrected chi connectivity index (χ3v) is 3.36. The van der Waals surface area contributed by atoms with Crippen molar-refractivity contribution in [3.05, 3.63) is 29.8 Å². The molecule has 1 aliphatic rings. The Morgan fingerprint density at radius 1 is 1.14 bits per heavy atom. The summed E-state index contributed by atoms with van der Waals surface area (Å²) in [6, 6.07) is 6.17. The highest BCUT2D eigenvalue weighted by Gasteiger charge is 2.44. The Balaban J connectivity index is 2.08. The van der Waals surface area contributed by atoms with Crippen LogP contribution in [0.4, 0.5) is 0 Å². The van der Waals surface area contributed by atoms with Gasteiger partial charge in [-0.3, -0.25) is 4.79 Å². The lowest BCUT2D eigenvalue weighted by Gasteiger charge is -2.39. The minimum atomic E-state index is -1.49. The van der Waals surface area contributed by atoms with Crippen LogP contribution in [0.2, 0.25) is 0 Å². The smallest absolute Gasteiger partial charge is 0.229 e. The quantitative estimate of drug-likeness (QED) is 0.530. The minimum absolute atomic E-state index is 0.0885. The van der Waals surface area contributed by atoms with E-state index in [9.17, 15) is 20.1 Å². The van der Waals surface area contributed by atoms with Gasteiger partial charge in [-0.25, -0.2) is 0 Å². The first-order chi connectivity index (χ1) is 9.93. The molecule has 2 rings (SSSR count). The van der Waals surface area contributed by atoms with Crippen LogP contribution in [0.5, 0.6) is 5.75 Å². The van der Waals surface area contributed by atoms with E-state index in [1.807, 2.05) is 0 Å². The summed E-state index contributed by atoms with van der Waals surface area (Å²) in [5.74, 6) is 0.235. The van der Waals surface area contributed by atoms with Crippen molar-refractivity contribution in [1.29, 1.82) is 0 Å². The summed E-state index contributed by atoms with van der Waals surface area (Å²) in [6.07, 6.45) is -6.63. The van der Waals surface area contributed by atoms with E-state index in [0.29, 0.717) is 11.3 Å². The fourth-order valence-corrected chi connectivity index (χ4v) is 2.07. The molecule has 7 nitrogen and oxygen atoms in total. The maximum absolute atomic E-state index is 11.2. The normalized spacial score (nSPS) is 32.7. The van der Waals surface area contributed by atoms with Crippen molar-refractivity contribution in [3.63, 3.8) is 0 Å². The summed E-state index contributed by atoms with van der Waals surface area (Å²) < 4.78 is 10.6. The first-order valence-corrected chi connectivity index (χ1v) is 6.52. The monoisotopic (exact) mass is 298 g/mol. The highest BCUT2D eigenvalue weighted by atomic mass is 16.7. The molecule has 1 saturated heterocycles. The Kier molecular flexibility index (Phi) is 4.92. The number of Topliss-reactive ketones (excluding diaryl/α,β-unsaturated/α-hetero) is 1. The third kappa shape index (κ3) is 3.39. The van der Waals surface area contributed by atoms with Crippen LogP contribution in [0, 0.1) is 0 Å². The summed E-state index contributed by atoms with van der Waals surface area (Å²) in [6.45, 7) is 0.918. The molecule has 1 unspecified atom stereocenters. The van der Waals surface area contributed by atoms with E-state index in [0.717, 1.165) is 0 Å². The van der Waals surface area contributed by atoms with E-state index in [1.54, 1.807) is 12.1 Å². The van der Waals surface area contributed by atoms with Gasteiger partial charge in [-0.1, -0.05) is 0 Å². The molecule has 4 N–H and O–H groups in total. The van der Waals surface area contributed by atoms with Crippen molar-refractivity contribution in [2.24, 2.45) is 0 Å². The van der Waals surface area contributed by atoms with Crippen molar-refractivity contribution in [1.82, 2.24) is 0 Å². The molecule has 116 valence electrons. The summed E-state index contributed by atoms with van der Waals surface area (Å²) in [7, 11) is 0. The van der Waals surface area contributed by atoms with Gasteiger partial charge in [-0.05, 0) is 31.2 Å². The maximum Gasteiger partial charge on any atom is 0.229 e. The predicted octanol–water partition coefficient (Wildman–Crippen LogP) is -0.932. The maximum atomic E-state index is 11.2. The highest BCUT2D eigenvalue weighted by molar-refractivity contribution is 5.94. The molecule has 0 radical (unpaired) electrons. The Bertz CT molecular complexity index is 485. The number of carbonyl (C=O) groups excluding carboxylic acids is 1. The van der Waals surface area contributed by atoms with Gasteiger partial charge in [0.1, 0.15) is 30.2 Å². The van der Waals surface area contributed by atoms with Gasteiger partial charge < -0.3 is 29.9 Å². The van der Waals surface area contributed by atoms with E-state index >= 15 is 0 Å². The van der Waals surface area contributed by atoms with Crippen LogP contribution in [0.15, 0.2) is 24.3 Å². The molecule has 0 aliphatic carbocycles. The largest absolute Gasteiger partial charge is 0.462 e. The second-order valence-corrected chi connectivity index (χ2v) is 4.90. The zero-order chi connectivity index (χ0) is 15.6. The molecule has 0 bridgehead atoms. The van der Waals surface area contributed by atoms with Crippen LogP contribution < -0.4 is 4.74 Å². The van der Waals surface area contributed by atoms with Crippen molar-refractivity contribution in [2.45, 2.75) is 37.6 Å². The highest BCUT2D eigenvalue weighted by Crippen LogP contribution is 2.24. The molecule has 1 heterocycles.